The topological polar surface area (TPSA) is 75.7 Å². The van der Waals surface area contributed by atoms with Gasteiger partial charge in [-0.2, -0.15) is 0 Å². The van der Waals surface area contributed by atoms with Gasteiger partial charge in [0, 0.05) is 25.2 Å². The fourth-order valence-electron chi connectivity index (χ4n) is 3.82. The summed E-state index contributed by atoms with van der Waals surface area (Å²) in [6, 6.07) is 11.0. The maximum absolute atomic E-state index is 12.8. The number of benzene rings is 2. The molecule has 0 saturated carbocycles. The lowest BCUT2D eigenvalue weighted by Crippen LogP contribution is -2.32. The highest BCUT2D eigenvalue weighted by atomic mass is 32.2. The molecule has 28 heavy (non-hydrogen) atoms. The molecule has 150 valence electrons. The summed E-state index contributed by atoms with van der Waals surface area (Å²) in [5, 5.41) is 0. The summed E-state index contributed by atoms with van der Waals surface area (Å²) < 4.78 is 33.5. The molecule has 1 fully saturated rings. The Morgan fingerprint density at radius 2 is 1.71 bits per heavy atom. The van der Waals surface area contributed by atoms with Gasteiger partial charge in [0.05, 0.1) is 12.0 Å². The van der Waals surface area contributed by atoms with Crippen molar-refractivity contribution in [1.29, 1.82) is 0 Å². The van der Waals surface area contributed by atoms with Crippen molar-refractivity contribution in [2.24, 2.45) is 5.92 Å². The van der Waals surface area contributed by atoms with Crippen LogP contribution in [0.2, 0.25) is 0 Å². The summed E-state index contributed by atoms with van der Waals surface area (Å²) >= 11 is 0. The van der Waals surface area contributed by atoms with Crippen molar-refractivity contribution in [1.82, 2.24) is 4.72 Å². The lowest BCUT2D eigenvalue weighted by Gasteiger charge is -2.18. The number of ether oxygens (including phenoxy) is 1. The van der Waals surface area contributed by atoms with Crippen LogP contribution in [0.1, 0.15) is 23.1 Å². The van der Waals surface area contributed by atoms with Gasteiger partial charge in [-0.05, 0) is 62.1 Å². The number of hydrogen-bond acceptors (Lipinski definition) is 4. The van der Waals surface area contributed by atoms with Gasteiger partial charge in [0.15, 0.2) is 0 Å². The predicted molar refractivity (Wildman–Crippen MR) is 109 cm³/mol. The zero-order valence-corrected chi connectivity index (χ0v) is 17.5. The molecule has 0 aromatic heterocycles. The van der Waals surface area contributed by atoms with Crippen molar-refractivity contribution < 1.29 is 17.9 Å². The summed E-state index contributed by atoms with van der Waals surface area (Å²) in [4.78, 5) is 14.4. The van der Waals surface area contributed by atoms with Gasteiger partial charge in [-0.15, -0.1) is 0 Å². The lowest BCUT2D eigenvalue weighted by molar-refractivity contribution is -0.117. The molecule has 1 atom stereocenters. The molecule has 1 aliphatic heterocycles. The van der Waals surface area contributed by atoms with Gasteiger partial charge in [0.25, 0.3) is 0 Å². The van der Waals surface area contributed by atoms with E-state index in [1.807, 2.05) is 43.3 Å². The van der Waals surface area contributed by atoms with E-state index < -0.39 is 10.0 Å². The summed E-state index contributed by atoms with van der Waals surface area (Å²) in [5.74, 6) is 0.649. The fourth-order valence-corrected chi connectivity index (χ4v) is 5.39. The zero-order chi connectivity index (χ0) is 20.5. The van der Waals surface area contributed by atoms with Crippen LogP contribution >= 0.6 is 0 Å². The van der Waals surface area contributed by atoms with E-state index in [0.29, 0.717) is 17.9 Å². The van der Waals surface area contributed by atoms with E-state index in [1.54, 1.807) is 25.9 Å². The van der Waals surface area contributed by atoms with E-state index in [2.05, 4.69) is 4.72 Å². The number of rotatable bonds is 6. The molecule has 0 radical (unpaired) electrons. The molecule has 1 saturated heterocycles. The van der Waals surface area contributed by atoms with Crippen molar-refractivity contribution in [2.45, 2.75) is 32.1 Å². The molecule has 1 amide bonds. The molecule has 0 aliphatic carbocycles. The van der Waals surface area contributed by atoms with Crippen LogP contribution < -0.4 is 14.4 Å². The second-order valence-electron chi connectivity index (χ2n) is 7.35. The van der Waals surface area contributed by atoms with Crippen LogP contribution in [0, 0.1) is 26.7 Å². The van der Waals surface area contributed by atoms with Crippen molar-refractivity contribution in [3.05, 3.63) is 53.1 Å². The minimum absolute atomic E-state index is 0.00272. The van der Waals surface area contributed by atoms with Crippen LogP contribution in [-0.4, -0.2) is 34.5 Å². The Hall–Kier alpha value is -2.38. The number of nitrogens with zero attached hydrogens (tertiary/aromatic N) is 1. The summed E-state index contributed by atoms with van der Waals surface area (Å²) in [6.45, 7) is 6.27. The Bertz CT molecular complexity index is 961. The second kappa shape index (κ2) is 7.93. The second-order valence-corrected chi connectivity index (χ2v) is 9.06. The van der Waals surface area contributed by atoms with Crippen LogP contribution in [-0.2, 0) is 14.8 Å². The number of nitrogens with one attached hydrogen (secondary N) is 1. The van der Waals surface area contributed by atoms with E-state index in [-0.39, 0.29) is 18.4 Å². The number of carbonyl (C=O) groups is 1. The Balaban J connectivity index is 1.69. The van der Waals surface area contributed by atoms with E-state index >= 15 is 0 Å². The number of sulfonamides is 1. The Labute approximate surface area is 166 Å². The van der Waals surface area contributed by atoms with Crippen LogP contribution in [0.3, 0.4) is 0 Å². The predicted octanol–water partition coefficient (Wildman–Crippen LogP) is 2.95. The standard InChI is InChI=1S/C21H26N2O4S/c1-14-9-15(2)21(16(3)10-14)28(25,26)22-12-17-11-20(24)23(13-17)18-5-7-19(27-4)8-6-18/h5-10,17,22H,11-13H2,1-4H3. The SMILES string of the molecule is COc1ccc(N2CC(CNS(=O)(=O)c3c(C)cc(C)cc3C)CC2=O)cc1. The monoisotopic (exact) mass is 402 g/mol. The van der Waals surface area contributed by atoms with Crippen molar-refractivity contribution in [3.8, 4) is 5.75 Å². The molecule has 3 rings (SSSR count). The smallest absolute Gasteiger partial charge is 0.241 e. The number of hydrogen-bond donors (Lipinski definition) is 1. The quantitative estimate of drug-likeness (QED) is 0.806. The third-order valence-corrected chi connectivity index (χ3v) is 6.75. The number of methoxy groups -OCH3 is 1. The third kappa shape index (κ3) is 4.20. The van der Waals surface area contributed by atoms with Gasteiger partial charge >= 0.3 is 0 Å². The number of carbonyl (C=O) groups excluding carboxylic acids is 1. The molecular weight excluding hydrogens is 376 g/mol. The Morgan fingerprint density at radius 3 is 2.29 bits per heavy atom. The van der Waals surface area contributed by atoms with Crippen LogP contribution in [0.5, 0.6) is 5.75 Å². The number of amides is 1. The minimum atomic E-state index is -3.63. The van der Waals surface area contributed by atoms with Crippen molar-refractivity contribution in [3.63, 3.8) is 0 Å². The highest BCUT2D eigenvalue weighted by Gasteiger charge is 2.32. The molecule has 0 spiro atoms. The normalized spacial score (nSPS) is 17.2. The first-order valence-corrected chi connectivity index (χ1v) is 10.7. The third-order valence-electron chi connectivity index (χ3n) is 5.02. The zero-order valence-electron chi connectivity index (χ0n) is 16.7. The lowest BCUT2D eigenvalue weighted by atomic mass is 10.1. The first-order chi connectivity index (χ1) is 13.2. The average Bonchev–Trinajstić information content (AvgIpc) is 3.00. The molecule has 1 aliphatic rings. The highest BCUT2D eigenvalue weighted by molar-refractivity contribution is 7.89. The summed E-state index contributed by atoms with van der Waals surface area (Å²) in [7, 11) is -2.04. The van der Waals surface area contributed by atoms with Crippen molar-refractivity contribution in [2.75, 3.05) is 25.1 Å². The number of anilines is 1. The van der Waals surface area contributed by atoms with Gasteiger partial charge in [0.1, 0.15) is 5.75 Å². The average molecular weight is 403 g/mol. The molecule has 1 N–H and O–H groups in total. The fraction of sp³-hybridized carbons (Fsp3) is 0.381. The molecule has 7 heteroatoms. The van der Waals surface area contributed by atoms with Gasteiger partial charge in [-0.25, -0.2) is 13.1 Å². The molecular formula is C21H26N2O4S. The maximum atomic E-state index is 12.8. The molecule has 2 aromatic rings. The minimum Gasteiger partial charge on any atom is -0.497 e. The molecule has 0 bridgehead atoms. The van der Waals surface area contributed by atoms with Gasteiger partial charge in [-0.1, -0.05) is 17.7 Å². The van der Waals surface area contributed by atoms with E-state index in [9.17, 15) is 13.2 Å². The highest BCUT2D eigenvalue weighted by Crippen LogP contribution is 2.27. The largest absolute Gasteiger partial charge is 0.497 e. The first-order valence-electron chi connectivity index (χ1n) is 9.23. The van der Waals surface area contributed by atoms with Crippen LogP contribution in [0.25, 0.3) is 0 Å². The number of aryl methyl sites for hydroxylation is 3. The summed E-state index contributed by atoms with van der Waals surface area (Å²) in [6.07, 6.45) is 0.320. The molecule has 6 nitrogen and oxygen atoms in total. The van der Waals surface area contributed by atoms with Gasteiger partial charge in [-0.3, -0.25) is 4.79 Å². The first kappa shape index (κ1) is 20.4. The molecule has 2 aromatic carbocycles. The Kier molecular flexibility index (Phi) is 5.76. The maximum Gasteiger partial charge on any atom is 0.241 e. The van der Waals surface area contributed by atoms with Gasteiger partial charge in [0.2, 0.25) is 15.9 Å². The molecule has 1 heterocycles. The molecule has 1 unspecified atom stereocenters. The van der Waals surface area contributed by atoms with E-state index in [4.69, 9.17) is 4.74 Å². The van der Waals surface area contributed by atoms with Crippen LogP contribution in [0.15, 0.2) is 41.3 Å². The van der Waals surface area contributed by atoms with Crippen LogP contribution in [0.4, 0.5) is 5.69 Å². The van der Waals surface area contributed by atoms with Gasteiger partial charge < -0.3 is 9.64 Å². The summed E-state index contributed by atoms with van der Waals surface area (Å²) in [5.41, 5.74) is 3.28. The van der Waals surface area contributed by atoms with E-state index in [1.165, 1.54) is 0 Å². The van der Waals surface area contributed by atoms with Crippen molar-refractivity contribution >= 4 is 21.6 Å². The Morgan fingerprint density at radius 1 is 1.11 bits per heavy atom. The van der Waals surface area contributed by atoms with E-state index in [0.717, 1.165) is 28.1 Å².